The molecule has 0 amide bonds. The van der Waals surface area contributed by atoms with Crippen LogP contribution in [0.1, 0.15) is 34.6 Å². The first kappa shape index (κ1) is 11.5. The highest BCUT2D eigenvalue weighted by Gasteiger charge is 2.09. The standard InChI is InChI=1S/C6H11NO.C4H10/c1-5(2)6-7-3-4-8-6;1-4(2)3/h5H,3-4H2,1-2H3;4H,1-3H3. The first-order valence-electron chi connectivity index (χ1n) is 4.71. The number of ether oxygens (including phenoxy) is 1. The third-order valence-electron chi connectivity index (χ3n) is 1.10. The number of hydrogen-bond acceptors (Lipinski definition) is 2. The van der Waals surface area contributed by atoms with E-state index in [0.29, 0.717) is 5.92 Å². The van der Waals surface area contributed by atoms with Crippen LogP contribution in [-0.4, -0.2) is 19.0 Å². The summed E-state index contributed by atoms with van der Waals surface area (Å²) in [7, 11) is 0. The van der Waals surface area contributed by atoms with E-state index in [1.165, 1.54) is 0 Å². The third kappa shape index (κ3) is 6.20. The van der Waals surface area contributed by atoms with Crippen molar-refractivity contribution in [1.82, 2.24) is 0 Å². The predicted octanol–water partition coefficient (Wildman–Crippen LogP) is 2.73. The molecule has 1 rings (SSSR count). The summed E-state index contributed by atoms with van der Waals surface area (Å²) in [5, 5.41) is 0. The molecule has 2 nitrogen and oxygen atoms in total. The van der Waals surface area contributed by atoms with E-state index < -0.39 is 0 Å². The molecule has 0 fully saturated rings. The normalized spacial score (nSPS) is 15.4. The summed E-state index contributed by atoms with van der Waals surface area (Å²) in [6.45, 7) is 12.3. The van der Waals surface area contributed by atoms with E-state index >= 15 is 0 Å². The van der Waals surface area contributed by atoms with Crippen LogP contribution < -0.4 is 0 Å². The lowest BCUT2D eigenvalue weighted by Crippen LogP contribution is -2.06. The van der Waals surface area contributed by atoms with Gasteiger partial charge in [-0.25, -0.2) is 0 Å². The summed E-state index contributed by atoms with van der Waals surface area (Å²) in [6.07, 6.45) is 0. The van der Waals surface area contributed by atoms with E-state index in [9.17, 15) is 0 Å². The summed E-state index contributed by atoms with van der Waals surface area (Å²) in [6, 6.07) is 0. The van der Waals surface area contributed by atoms with Crippen LogP contribution in [0.25, 0.3) is 0 Å². The van der Waals surface area contributed by atoms with Gasteiger partial charge in [-0.3, -0.25) is 4.99 Å². The molecule has 1 heterocycles. The second kappa shape index (κ2) is 6.04. The minimum atomic E-state index is 0.470. The zero-order valence-electron chi connectivity index (χ0n) is 8.92. The predicted molar refractivity (Wildman–Crippen MR) is 53.6 cm³/mol. The minimum absolute atomic E-state index is 0.470. The molecule has 0 spiro atoms. The summed E-state index contributed by atoms with van der Waals surface area (Å²) in [4.78, 5) is 4.13. The fourth-order valence-electron chi connectivity index (χ4n) is 0.701. The molecule has 0 saturated heterocycles. The molecule has 1 aliphatic rings. The average Bonchev–Trinajstić information content (AvgIpc) is 2.34. The molecule has 12 heavy (non-hydrogen) atoms. The smallest absolute Gasteiger partial charge is 0.186 e. The van der Waals surface area contributed by atoms with Gasteiger partial charge < -0.3 is 4.74 Å². The van der Waals surface area contributed by atoms with Crippen LogP contribution in [0.2, 0.25) is 0 Å². The average molecular weight is 171 g/mol. The first-order valence-corrected chi connectivity index (χ1v) is 4.71. The molecule has 1 aliphatic heterocycles. The maximum absolute atomic E-state index is 5.16. The molecule has 0 aromatic carbocycles. The van der Waals surface area contributed by atoms with Crippen LogP contribution in [0.3, 0.4) is 0 Å². The van der Waals surface area contributed by atoms with Crippen molar-refractivity contribution in [3.05, 3.63) is 0 Å². The van der Waals surface area contributed by atoms with Crippen LogP contribution in [0, 0.1) is 11.8 Å². The quantitative estimate of drug-likeness (QED) is 0.594. The topological polar surface area (TPSA) is 21.6 Å². The van der Waals surface area contributed by atoms with Gasteiger partial charge in [-0.1, -0.05) is 34.6 Å². The summed E-state index contributed by atoms with van der Waals surface area (Å²) in [5.41, 5.74) is 0. The molecule has 72 valence electrons. The van der Waals surface area contributed by atoms with Crippen molar-refractivity contribution in [2.45, 2.75) is 34.6 Å². The Morgan fingerprint density at radius 1 is 1.17 bits per heavy atom. The zero-order chi connectivity index (χ0) is 9.56. The third-order valence-corrected chi connectivity index (χ3v) is 1.10. The fraction of sp³-hybridized carbons (Fsp3) is 0.900. The van der Waals surface area contributed by atoms with Crippen LogP contribution in [0.5, 0.6) is 0 Å². The van der Waals surface area contributed by atoms with Crippen molar-refractivity contribution in [3.63, 3.8) is 0 Å². The van der Waals surface area contributed by atoms with Crippen molar-refractivity contribution in [1.29, 1.82) is 0 Å². The lowest BCUT2D eigenvalue weighted by molar-refractivity contribution is 0.328. The van der Waals surface area contributed by atoms with E-state index in [4.69, 9.17) is 4.74 Å². The van der Waals surface area contributed by atoms with Gasteiger partial charge in [-0.05, 0) is 5.92 Å². The van der Waals surface area contributed by atoms with Gasteiger partial charge in [0.05, 0.1) is 6.54 Å². The van der Waals surface area contributed by atoms with Gasteiger partial charge in [0.25, 0.3) is 0 Å². The maximum atomic E-state index is 5.16. The highest BCUT2D eigenvalue weighted by atomic mass is 16.5. The molecular weight excluding hydrogens is 150 g/mol. The van der Waals surface area contributed by atoms with Gasteiger partial charge in [0.2, 0.25) is 0 Å². The Labute approximate surface area is 76.0 Å². The van der Waals surface area contributed by atoms with E-state index in [1.807, 2.05) is 0 Å². The minimum Gasteiger partial charge on any atom is -0.479 e. The lowest BCUT2D eigenvalue weighted by atomic mass is 10.2. The van der Waals surface area contributed by atoms with Crippen molar-refractivity contribution in [3.8, 4) is 0 Å². The molecule has 0 aromatic heterocycles. The Bertz CT molecular complexity index is 136. The molecule has 0 saturated carbocycles. The lowest BCUT2D eigenvalue weighted by Gasteiger charge is -2.01. The summed E-state index contributed by atoms with van der Waals surface area (Å²) in [5.74, 6) is 2.22. The van der Waals surface area contributed by atoms with Crippen LogP contribution in [0.4, 0.5) is 0 Å². The van der Waals surface area contributed by atoms with Crippen LogP contribution >= 0.6 is 0 Å². The SMILES string of the molecule is CC(C)C.CC(C)C1=NCCO1. The molecule has 0 aliphatic carbocycles. The molecule has 0 N–H and O–H groups in total. The Hall–Kier alpha value is -0.530. The van der Waals surface area contributed by atoms with Gasteiger partial charge in [0.1, 0.15) is 6.61 Å². The first-order chi connectivity index (χ1) is 5.54. The van der Waals surface area contributed by atoms with Gasteiger partial charge in [0.15, 0.2) is 5.90 Å². The van der Waals surface area contributed by atoms with E-state index in [-0.39, 0.29) is 0 Å². The van der Waals surface area contributed by atoms with Gasteiger partial charge >= 0.3 is 0 Å². The second-order valence-corrected chi connectivity index (χ2v) is 3.96. The van der Waals surface area contributed by atoms with Gasteiger partial charge in [0, 0.05) is 5.92 Å². The highest BCUT2D eigenvalue weighted by molar-refractivity contribution is 5.79. The Morgan fingerprint density at radius 2 is 1.67 bits per heavy atom. The molecule has 0 aromatic rings. The largest absolute Gasteiger partial charge is 0.479 e. The van der Waals surface area contributed by atoms with Crippen LogP contribution in [-0.2, 0) is 4.74 Å². The Morgan fingerprint density at radius 3 is 1.83 bits per heavy atom. The number of hydrogen-bond donors (Lipinski definition) is 0. The van der Waals surface area contributed by atoms with Crippen molar-refractivity contribution < 1.29 is 4.74 Å². The Balaban J connectivity index is 0.000000261. The molecule has 0 unspecified atom stereocenters. The molecule has 0 bridgehead atoms. The summed E-state index contributed by atoms with van der Waals surface area (Å²) >= 11 is 0. The number of aliphatic imine (C=N–C) groups is 1. The summed E-state index contributed by atoms with van der Waals surface area (Å²) < 4.78 is 5.16. The van der Waals surface area contributed by atoms with Crippen molar-refractivity contribution >= 4 is 5.90 Å². The fourth-order valence-corrected chi connectivity index (χ4v) is 0.701. The van der Waals surface area contributed by atoms with E-state index in [0.717, 1.165) is 25.0 Å². The second-order valence-electron chi connectivity index (χ2n) is 3.96. The van der Waals surface area contributed by atoms with E-state index in [2.05, 4.69) is 39.6 Å². The molecule has 0 atom stereocenters. The van der Waals surface area contributed by atoms with Crippen molar-refractivity contribution in [2.75, 3.05) is 13.2 Å². The monoisotopic (exact) mass is 171 g/mol. The van der Waals surface area contributed by atoms with E-state index in [1.54, 1.807) is 0 Å². The Kier molecular flexibility index (Phi) is 5.77. The van der Waals surface area contributed by atoms with Gasteiger partial charge in [-0.2, -0.15) is 0 Å². The molecule has 2 heteroatoms. The number of rotatable bonds is 1. The van der Waals surface area contributed by atoms with Crippen molar-refractivity contribution in [2.24, 2.45) is 16.8 Å². The zero-order valence-corrected chi connectivity index (χ0v) is 8.92. The van der Waals surface area contributed by atoms with Crippen LogP contribution in [0.15, 0.2) is 4.99 Å². The molecule has 0 radical (unpaired) electrons. The van der Waals surface area contributed by atoms with Gasteiger partial charge in [-0.15, -0.1) is 0 Å². The highest BCUT2D eigenvalue weighted by Crippen LogP contribution is 2.03. The number of nitrogens with zero attached hydrogens (tertiary/aromatic N) is 1. The molecular formula is C10H21NO. The maximum Gasteiger partial charge on any atom is 0.186 e.